The standard InChI is InChI=1S/C12H22N2O3/c1-9(2)14(3)11(17)13-8-12(10(15)16)6-4-5-7-12/h9H,4-8H2,1-3H3,(H,13,17)(H,15,16). The Morgan fingerprint density at radius 1 is 1.35 bits per heavy atom. The van der Waals surface area contributed by atoms with Crippen molar-refractivity contribution in [3.05, 3.63) is 0 Å². The maximum atomic E-state index is 11.7. The predicted octanol–water partition coefficient (Wildman–Crippen LogP) is 1.68. The van der Waals surface area contributed by atoms with Crippen LogP contribution in [0.5, 0.6) is 0 Å². The number of carbonyl (C=O) groups is 2. The van der Waals surface area contributed by atoms with Crippen LogP contribution in [0.3, 0.4) is 0 Å². The molecule has 98 valence electrons. The Morgan fingerprint density at radius 2 is 1.88 bits per heavy atom. The van der Waals surface area contributed by atoms with Crippen LogP contribution in [-0.2, 0) is 4.79 Å². The van der Waals surface area contributed by atoms with Gasteiger partial charge in [0.2, 0.25) is 0 Å². The summed E-state index contributed by atoms with van der Waals surface area (Å²) in [5, 5.41) is 12.0. The predicted molar refractivity (Wildman–Crippen MR) is 64.8 cm³/mol. The van der Waals surface area contributed by atoms with E-state index in [-0.39, 0.29) is 18.6 Å². The fraction of sp³-hybridized carbons (Fsp3) is 0.833. The first-order valence-electron chi connectivity index (χ1n) is 6.13. The average molecular weight is 242 g/mol. The Balaban J connectivity index is 2.54. The summed E-state index contributed by atoms with van der Waals surface area (Å²) in [4.78, 5) is 24.6. The summed E-state index contributed by atoms with van der Waals surface area (Å²) < 4.78 is 0. The van der Waals surface area contributed by atoms with Crippen molar-refractivity contribution in [3.8, 4) is 0 Å². The fourth-order valence-corrected chi connectivity index (χ4v) is 2.12. The van der Waals surface area contributed by atoms with E-state index in [1.54, 1.807) is 11.9 Å². The van der Waals surface area contributed by atoms with E-state index in [1.807, 2.05) is 13.8 Å². The number of carboxylic acid groups (broad SMARTS) is 1. The molecule has 1 fully saturated rings. The lowest BCUT2D eigenvalue weighted by Gasteiger charge is -2.27. The number of hydrogen-bond acceptors (Lipinski definition) is 2. The number of nitrogens with zero attached hydrogens (tertiary/aromatic N) is 1. The van der Waals surface area contributed by atoms with E-state index < -0.39 is 11.4 Å². The summed E-state index contributed by atoms with van der Waals surface area (Å²) in [6.07, 6.45) is 3.19. The lowest BCUT2D eigenvalue weighted by Crippen LogP contribution is -2.47. The van der Waals surface area contributed by atoms with Gasteiger partial charge >= 0.3 is 12.0 Å². The van der Waals surface area contributed by atoms with Gasteiger partial charge < -0.3 is 15.3 Å². The average Bonchev–Trinajstić information content (AvgIpc) is 2.74. The number of carbonyl (C=O) groups excluding carboxylic acids is 1. The third-order valence-electron chi connectivity index (χ3n) is 3.69. The molecule has 0 spiro atoms. The van der Waals surface area contributed by atoms with E-state index in [9.17, 15) is 14.7 Å². The van der Waals surface area contributed by atoms with Crippen LogP contribution in [0.15, 0.2) is 0 Å². The highest BCUT2D eigenvalue weighted by Gasteiger charge is 2.41. The Kier molecular flexibility index (Phi) is 4.37. The van der Waals surface area contributed by atoms with Gasteiger partial charge in [0.25, 0.3) is 0 Å². The minimum Gasteiger partial charge on any atom is -0.481 e. The van der Waals surface area contributed by atoms with E-state index >= 15 is 0 Å². The molecular formula is C12H22N2O3. The van der Waals surface area contributed by atoms with E-state index in [1.165, 1.54) is 0 Å². The molecule has 2 N–H and O–H groups in total. The molecule has 0 aromatic heterocycles. The van der Waals surface area contributed by atoms with Crippen molar-refractivity contribution in [2.75, 3.05) is 13.6 Å². The molecule has 1 aliphatic rings. The zero-order valence-electron chi connectivity index (χ0n) is 10.8. The number of aliphatic carboxylic acids is 1. The van der Waals surface area contributed by atoms with Gasteiger partial charge in [0, 0.05) is 19.6 Å². The summed E-state index contributed by atoms with van der Waals surface area (Å²) in [6, 6.07) is -0.0909. The second-order valence-corrected chi connectivity index (χ2v) is 5.16. The van der Waals surface area contributed by atoms with Crippen LogP contribution in [0, 0.1) is 5.41 Å². The minimum absolute atomic E-state index is 0.111. The highest BCUT2D eigenvalue weighted by Crippen LogP contribution is 2.37. The first-order valence-corrected chi connectivity index (χ1v) is 6.13. The van der Waals surface area contributed by atoms with Crippen molar-refractivity contribution in [1.82, 2.24) is 10.2 Å². The van der Waals surface area contributed by atoms with E-state index in [4.69, 9.17) is 0 Å². The van der Waals surface area contributed by atoms with E-state index in [0.717, 1.165) is 12.8 Å². The van der Waals surface area contributed by atoms with Crippen molar-refractivity contribution in [3.63, 3.8) is 0 Å². The molecule has 1 rings (SSSR count). The first-order chi connectivity index (χ1) is 7.89. The van der Waals surface area contributed by atoms with Crippen LogP contribution in [0.2, 0.25) is 0 Å². The zero-order chi connectivity index (χ0) is 13.1. The lowest BCUT2D eigenvalue weighted by molar-refractivity contribution is -0.148. The summed E-state index contributed by atoms with van der Waals surface area (Å²) >= 11 is 0. The number of amides is 2. The highest BCUT2D eigenvalue weighted by atomic mass is 16.4. The van der Waals surface area contributed by atoms with E-state index in [2.05, 4.69) is 5.32 Å². The summed E-state index contributed by atoms with van der Waals surface area (Å²) in [5.74, 6) is -0.789. The van der Waals surface area contributed by atoms with Crippen LogP contribution in [0.4, 0.5) is 4.79 Å². The van der Waals surface area contributed by atoms with Crippen LogP contribution in [0.1, 0.15) is 39.5 Å². The highest BCUT2D eigenvalue weighted by molar-refractivity contribution is 5.78. The molecule has 0 aliphatic heterocycles. The Morgan fingerprint density at radius 3 is 2.29 bits per heavy atom. The van der Waals surface area contributed by atoms with Gasteiger partial charge in [-0.3, -0.25) is 4.79 Å². The molecule has 0 aromatic rings. The minimum atomic E-state index is -0.789. The maximum absolute atomic E-state index is 11.7. The molecule has 17 heavy (non-hydrogen) atoms. The summed E-state index contributed by atoms with van der Waals surface area (Å²) in [7, 11) is 1.71. The quantitative estimate of drug-likeness (QED) is 0.788. The monoisotopic (exact) mass is 242 g/mol. The normalized spacial score (nSPS) is 18.1. The fourth-order valence-electron chi connectivity index (χ4n) is 2.12. The SMILES string of the molecule is CC(C)N(C)C(=O)NCC1(C(=O)O)CCCC1. The zero-order valence-corrected chi connectivity index (χ0v) is 10.8. The number of rotatable bonds is 4. The second-order valence-electron chi connectivity index (χ2n) is 5.16. The van der Waals surface area contributed by atoms with Gasteiger partial charge in [0.15, 0.2) is 0 Å². The van der Waals surface area contributed by atoms with Gasteiger partial charge in [-0.1, -0.05) is 12.8 Å². The maximum Gasteiger partial charge on any atom is 0.317 e. The third kappa shape index (κ3) is 3.11. The Hall–Kier alpha value is -1.26. The molecule has 0 aromatic carbocycles. The van der Waals surface area contributed by atoms with Gasteiger partial charge in [-0.25, -0.2) is 4.79 Å². The Bertz CT molecular complexity index is 296. The van der Waals surface area contributed by atoms with Crippen LogP contribution in [0.25, 0.3) is 0 Å². The van der Waals surface area contributed by atoms with Crippen molar-refractivity contribution in [1.29, 1.82) is 0 Å². The van der Waals surface area contributed by atoms with Gasteiger partial charge in [-0.05, 0) is 26.7 Å². The van der Waals surface area contributed by atoms with Gasteiger partial charge in [-0.15, -0.1) is 0 Å². The van der Waals surface area contributed by atoms with Gasteiger partial charge in [0.05, 0.1) is 5.41 Å². The van der Waals surface area contributed by atoms with Crippen LogP contribution < -0.4 is 5.32 Å². The summed E-state index contributed by atoms with van der Waals surface area (Å²) in [6.45, 7) is 4.07. The van der Waals surface area contributed by atoms with Crippen molar-refractivity contribution in [2.45, 2.75) is 45.6 Å². The van der Waals surface area contributed by atoms with E-state index in [0.29, 0.717) is 12.8 Å². The smallest absolute Gasteiger partial charge is 0.317 e. The van der Waals surface area contributed by atoms with Crippen molar-refractivity contribution >= 4 is 12.0 Å². The number of carboxylic acids is 1. The number of hydrogen-bond donors (Lipinski definition) is 2. The van der Waals surface area contributed by atoms with Crippen molar-refractivity contribution in [2.24, 2.45) is 5.41 Å². The molecule has 1 saturated carbocycles. The van der Waals surface area contributed by atoms with Crippen molar-refractivity contribution < 1.29 is 14.7 Å². The molecule has 5 heteroatoms. The third-order valence-corrected chi connectivity index (χ3v) is 3.69. The van der Waals surface area contributed by atoms with Crippen LogP contribution in [-0.4, -0.2) is 41.6 Å². The largest absolute Gasteiger partial charge is 0.481 e. The summed E-state index contributed by atoms with van der Waals surface area (Å²) in [5.41, 5.74) is -0.743. The van der Waals surface area contributed by atoms with Gasteiger partial charge in [0.1, 0.15) is 0 Å². The number of urea groups is 1. The molecule has 2 amide bonds. The molecule has 5 nitrogen and oxygen atoms in total. The molecule has 0 atom stereocenters. The van der Waals surface area contributed by atoms with Gasteiger partial charge in [-0.2, -0.15) is 0 Å². The first kappa shape index (κ1) is 13.8. The number of nitrogens with one attached hydrogen (secondary N) is 1. The molecule has 0 saturated heterocycles. The molecule has 0 radical (unpaired) electrons. The Labute approximate surface area is 102 Å². The molecule has 0 heterocycles. The molecule has 1 aliphatic carbocycles. The molecular weight excluding hydrogens is 220 g/mol. The molecule has 0 unspecified atom stereocenters. The van der Waals surface area contributed by atoms with Crippen LogP contribution >= 0.6 is 0 Å². The topological polar surface area (TPSA) is 69.6 Å². The second kappa shape index (κ2) is 5.38. The lowest BCUT2D eigenvalue weighted by atomic mass is 9.86. The molecule has 0 bridgehead atoms.